The molecule has 1 fully saturated rings. The summed E-state index contributed by atoms with van der Waals surface area (Å²) in [7, 11) is 0. The summed E-state index contributed by atoms with van der Waals surface area (Å²) >= 11 is 2.88. The quantitative estimate of drug-likeness (QED) is 0.695. The van der Waals surface area contributed by atoms with Crippen LogP contribution in [0.4, 0.5) is 10.8 Å². The van der Waals surface area contributed by atoms with E-state index in [-0.39, 0.29) is 11.8 Å². The predicted octanol–water partition coefficient (Wildman–Crippen LogP) is 2.96. The molecule has 7 nitrogen and oxygen atoms in total. The van der Waals surface area contributed by atoms with Gasteiger partial charge >= 0.3 is 0 Å². The number of nitrogens with one attached hydrogen (secondary N) is 1. The molecule has 28 heavy (non-hydrogen) atoms. The van der Waals surface area contributed by atoms with E-state index in [1.165, 1.54) is 23.1 Å². The number of piperazine rings is 1. The van der Waals surface area contributed by atoms with Gasteiger partial charge in [0.2, 0.25) is 16.9 Å². The summed E-state index contributed by atoms with van der Waals surface area (Å²) in [6.07, 6.45) is 0.602. The van der Waals surface area contributed by atoms with Crippen LogP contribution in [0.3, 0.4) is 0 Å². The Hall–Kier alpha value is -2.13. The Morgan fingerprint density at radius 2 is 1.86 bits per heavy atom. The standard InChI is InChI=1S/C19H25N5O2S2/c1-14(2)12-17(26)23-8-10-24(11-9-23)18-21-22-19(28-18)27-13-16(25)20-15-6-4-3-5-7-15/h3-7,14H,8-13H2,1-2H3,(H,20,25). The number of carbonyl (C=O) groups excluding carboxylic acids is 2. The average molecular weight is 420 g/mol. The van der Waals surface area contributed by atoms with Crippen LogP contribution in [0.25, 0.3) is 0 Å². The van der Waals surface area contributed by atoms with Crippen molar-refractivity contribution in [2.45, 2.75) is 24.6 Å². The highest BCUT2D eigenvalue weighted by atomic mass is 32.2. The van der Waals surface area contributed by atoms with Gasteiger partial charge in [0.1, 0.15) is 0 Å². The number of nitrogens with zero attached hydrogens (tertiary/aromatic N) is 4. The van der Waals surface area contributed by atoms with Crippen molar-refractivity contribution in [1.82, 2.24) is 15.1 Å². The van der Waals surface area contributed by atoms with Crippen molar-refractivity contribution in [3.05, 3.63) is 30.3 Å². The van der Waals surface area contributed by atoms with Crippen LogP contribution < -0.4 is 10.2 Å². The van der Waals surface area contributed by atoms with Gasteiger partial charge in [-0.25, -0.2) is 0 Å². The molecule has 1 saturated heterocycles. The summed E-state index contributed by atoms with van der Waals surface area (Å²) in [4.78, 5) is 28.3. The topological polar surface area (TPSA) is 78.4 Å². The van der Waals surface area contributed by atoms with E-state index < -0.39 is 0 Å². The molecule has 0 radical (unpaired) electrons. The lowest BCUT2D eigenvalue weighted by Crippen LogP contribution is -2.49. The highest BCUT2D eigenvalue weighted by Gasteiger charge is 2.23. The van der Waals surface area contributed by atoms with Crippen LogP contribution in [0.2, 0.25) is 0 Å². The van der Waals surface area contributed by atoms with Crippen LogP contribution in [0.5, 0.6) is 0 Å². The Kier molecular flexibility index (Phi) is 7.27. The van der Waals surface area contributed by atoms with Crippen LogP contribution in [-0.2, 0) is 9.59 Å². The summed E-state index contributed by atoms with van der Waals surface area (Å²) < 4.78 is 0.775. The maximum Gasteiger partial charge on any atom is 0.234 e. The Balaban J connectivity index is 1.44. The lowest BCUT2D eigenvalue weighted by atomic mass is 10.1. The Morgan fingerprint density at radius 3 is 2.54 bits per heavy atom. The molecule has 0 atom stereocenters. The molecule has 0 bridgehead atoms. The van der Waals surface area contributed by atoms with Gasteiger partial charge < -0.3 is 15.1 Å². The molecule has 1 N–H and O–H groups in total. The normalized spacial score (nSPS) is 14.4. The van der Waals surface area contributed by atoms with E-state index in [9.17, 15) is 9.59 Å². The first-order valence-electron chi connectivity index (χ1n) is 9.35. The van der Waals surface area contributed by atoms with Crippen molar-refractivity contribution >= 4 is 45.7 Å². The van der Waals surface area contributed by atoms with Crippen molar-refractivity contribution in [3.8, 4) is 0 Å². The molecule has 3 rings (SSSR count). The molecule has 150 valence electrons. The molecule has 9 heteroatoms. The van der Waals surface area contributed by atoms with E-state index in [0.29, 0.717) is 31.2 Å². The largest absolute Gasteiger partial charge is 0.343 e. The maximum atomic E-state index is 12.2. The molecule has 1 aromatic carbocycles. The second-order valence-corrected chi connectivity index (χ2v) is 9.20. The van der Waals surface area contributed by atoms with Crippen LogP contribution in [0, 0.1) is 5.92 Å². The second-order valence-electron chi connectivity index (χ2n) is 7.02. The van der Waals surface area contributed by atoms with E-state index in [4.69, 9.17) is 0 Å². The molecule has 2 heterocycles. The number of amides is 2. The minimum absolute atomic E-state index is 0.0646. The highest BCUT2D eigenvalue weighted by molar-refractivity contribution is 8.01. The average Bonchev–Trinajstić information content (AvgIpc) is 3.16. The summed E-state index contributed by atoms with van der Waals surface area (Å²) in [6, 6.07) is 9.40. The van der Waals surface area contributed by atoms with Gasteiger partial charge in [0.25, 0.3) is 0 Å². The van der Waals surface area contributed by atoms with Crippen LogP contribution in [0.15, 0.2) is 34.7 Å². The molecular weight excluding hydrogens is 394 g/mol. The summed E-state index contributed by atoms with van der Waals surface area (Å²) in [6.45, 7) is 7.08. The van der Waals surface area contributed by atoms with E-state index >= 15 is 0 Å². The van der Waals surface area contributed by atoms with Crippen molar-refractivity contribution in [2.24, 2.45) is 5.92 Å². The first-order chi connectivity index (χ1) is 13.5. The maximum absolute atomic E-state index is 12.2. The third kappa shape index (κ3) is 5.93. The molecule has 2 aromatic rings. The fourth-order valence-corrected chi connectivity index (χ4v) is 4.55. The van der Waals surface area contributed by atoms with Gasteiger partial charge in [0.15, 0.2) is 4.34 Å². The summed E-state index contributed by atoms with van der Waals surface area (Å²) in [5, 5.41) is 12.2. The predicted molar refractivity (Wildman–Crippen MR) is 114 cm³/mol. The number of para-hydroxylation sites is 1. The minimum Gasteiger partial charge on any atom is -0.343 e. The van der Waals surface area contributed by atoms with Crippen LogP contribution >= 0.6 is 23.1 Å². The smallest absolute Gasteiger partial charge is 0.234 e. The van der Waals surface area contributed by atoms with Gasteiger partial charge in [-0.2, -0.15) is 0 Å². The second kappa shape index (κ2) is 9.88. The van der Waals surface area contributed by atoms with Gasteiger partial charge in [-0.15, -0.1) is 10.2 Å². The number of aromatic nitrogens is 2. The van der Waals surface area contributed by atoms with E-state index in [1.807, 2.05) is 35.2 Å². The lowest BCUT2D eigenvalue weighted by molar-refractivity contribution is -0.132. The number of benzene rings is 1. The fraction of sp³-hybridized carbons (Fsp3) is 0.474. The molecule has 0 aliphatic carbocycles. The number of hydrogen-bond acceptors (Lipinski definition) is 7. The minimum atomic E-state index is -0.0646. The molecule has 1 aliphatic heterocycles. The van der Waals surface area contributed by atoms with Crippen molar-refractivity contribution < 1.29 is 9.59 Å². The summed E-state index contributed by atoms with van der Waals surface area (Å²) in [5.41, 5.74) is 0.788. The monoisotopic (exact) mass is 419 g/mol. The van der Waals surface area contributed by atoms with Gasteiger partial charge in [0.05, 0.1) is 5.75 Å². The molecule has 0 saturated carbocycles. The number of hydrogen-bond donors (Lipinski definition) is 1. The number of carbonyl (C=O) groups is 2. The SMILES string of the molecule is CC(C)CC(=O)N1CCN(c2nnc(SCC(=O)Nc3ccccc3)s2)CC1. The first kappa shape index (κ1) is 20.6. The van der Waals surface area contributed by atoms with Crippen molar-refractivity contribution in [2.75, 3.05) is 42.1 Å². The molecular formula is C19H25N5O2S2. The molecule has 0 unspecified atom stereocenters. The zero-order valence-electron chi connectivity index (χ0n) is 16.1. The molecule has 0 spiro atoms. The van der Waals surface area contributed by atoms with Crippen molar-refractivity contribution in [1.29, 1.82) is 0 Å². The fourth-order valence-electron chi connectivity index (χ4n) is 2.86. The zero-order chi connectivity index (χ0) is 19.9. The Morgan fingerprint density at radius 1 is 1.14 bits per heavy atom. The Bertz CT molecular complexity index is 789. The summed E-state index contributed by atoms with van der Waals surface area (Å²) in [5.74, 6) is 0.839. The van der Waals surface area contributed by atoms with Gasteiger partial charge in [-0.05, 0) is 18.1 Å². The Labute approximate surface area is 173 Å². The van der Waals surface area contributed by atoms with Gasteiger partial charge in [-0.3, -0.25) is 9.59 Å². The van der Waals surface area contributed by atoms with E-state index in [1.54, 1.807) is 0 Å². The van der Waals surface area contributed by atoms with Gasteiger partial charge in [-0.1, -0.05) is 55.1 Å². The lowest BCUT2D eigenvalue weighted by Gasteiger charge is -2.34. The zero-order valence-corrected chi connectivity index (χ0v) is 17.8. The van der Waals surface area contributed by atoms with Gasteiger partial charge in [0, 0.05) is 38.3 Å². The molecule has 2 amide bonds. The van der Waals surface area contributed by atoms with Crippen LogP contribution in [0.1, 0.15) is 20.3 Å². The van der Waals surface area contributed by atoms with E-state index in [2.05, 4.69) is 34.3 Å². The van der Waals surface area contributed by atoms with Crippen molar-refractivity contribution in [3.63, 3.8) is 0 Å². The third-order valence-corrected chi connectivity index (χ3v) is 6.38. The number of rotatable bonds is 7. The number of thioether (sulfide) groups is 1. The third-order valence-electron chi connectivity index (χ3n) is 4.27. The highest BCUT2D eigenvalue weighted by Crippen LogP contribution is 2.28. The van der Waals surface area contributed by atoms with Crippen LogP contribution in [-0.4, -0.2) is 58.8 Å². The first-order valence-corrected chi connectivity index (χ1v) is 11.2. The molecule has 1 aliphatic rings. The van der Waals surface area contributed by atoms with E-state index in [0.717, 1.165) is 28.2 Å². The number of anilines is 2. The molecule has 1 aromatic heterocycles.